The summed E-state index contributed by atoms with van der Waals surface area (Å²) in [5.41, 5.74) is 2.15. The molecule has 0 spiro atoms. The van der Waals surface area contributed by atoms with Crippen molar-refractivity contribution in [3.63, 3.8) is 0 Å². The molecule has 0 saturated heterocycles. The van der Waals surface area contributed by atoms with E-state index in [4.69, 9.17) is 9.47 Å². The van der Waals surface area contributed by atoms with Crippen LogP contribution in [0.3, 0.4) is 0 Å². The van der Waals surface area contributed by atoms with Gasteiger partial charge in [-0.3, -0.25) is 4.99 Å². The highest BCUT2D eigenvalue weighted by Crippen LogP contribution is 2.28. The molecule has 0 aliphatic carbocycles. The average Bonchev–Trinajstić information content (AvgIpc) is 2.85. The van der Waals surface area contributed by atoms with E-state index in [-0.39, 0.29) is 36.5 Å². The number of methoxy groups -OCH3 is 1. The van der Waals surface area contributed by atoms with Gasteiger partial charge in [-0.25, -0.2) is 0 Å². The first kappa shape index (κ1) is 29.0. The maximum Gasteiger partial charge on any atom is 0.191 e. The van der Waals surface area contributed by atoms with Gasteiger partial charge in [0.2, 0.25) is 0 Å². The maximum absolute atomic E-state index is 9.75. The van der Waals surface area contributed by atoms with Crippen molar-refractivity contribution in [3.8, 4) is 11.5 Å². The van der Waals surface area contributed by atoms with E-state index >= 15 is 0 Å². The lowest BCUT2D eigenvalue weighted by molar-refractivity contribution is 0.217. The number of hydrogen-bond acceptors (Lipinski definition) is 5. The van der Waals surface area contributed by atoms with Gasteiger partial charge in [-0.1, -0.05) is 50.2 Å². The molecule has 0 aliphatic rings. The lowest BCUT2D eigenvalue weighted by atomic mass is 10.0. The van der Waals surface area contributed by atoms with Crippen LogP contribution in [0.2, 0.25) is 0 Å². The third kappa shape index (κ3) is 9.77. The fraction of sp³-hybridized carbons (Fsp3) is 0.480. The minimum atomic E-state index is 0. The van der Waals surface area contributed by atoms with Gasteiger partial charge in [0, 0.05) is 32.6 Å². The molecule has 0 amide bonds. The summed E-state index contributed by atoms with van der Waals surface area (Å²) in [7, 11) is 3.39. The molecule has 0 bridgehead atoms. The number of nitrogens with one attached hydrogen (secondary N) is 2. The van der Waals surface area contributed by atoms with E-state index in [0.717, 1.165) is 42.3 Å². The van der Waals surface area contributed by atoms with Crippen LogP contribution in [0.25, 0.3) is 0 Å². The van der Waals surface area contributed by atoms with Crippen molar-refractivity contribution in [2.24, 2.45) is 4.99 Å². The Morgan fingerprint density at radius 1 is 1.06 bits per heavy atom. The van der Waals surface area contributed by atoms with Crippen LogP contribution in [0.15, 0.2) is 53.5 Å². The second kappa shape index (κ2) is 16.6. The first-order valence-corrected chi connectivity index (χ1v) is 11.3. The second-order valence-electron chi connectivity index (χ2n) is 7.46. The highest BCUT2D eigenvalue weighted by Gasteiger charge is 2.11. The fourth-order valence-electron chi connectivity index (χ4n) is 3.41. The molecule has 0 aliphatic heterocycles. The number of aliphatic hydroxyl groups excluding tert-OH is 1. The predicted molar refractivity (Wildman–Crippen MR) is 146 cm³/mol. The van der Waals surface area contributed by atoms with Crippen molar-refractivity contribution in [3.05, 3.63) is 59.7 Å². The summed E-state index contributed by atoms with van der Waals surface area (Å²) in [6, 6.07) is 15.9. The molecular weight excluding hydrogens is 531 g/mol. The first-order valence-electron chi connectivity index (χ1n) is 11.3. The molecule has 2 aromatic rings. The zero-order valence-electron chi connectivity index (χ0n) is 20.2. The zero-order valence-corrected chi connectivity index (χ0v) is 22.5. The lowest BCUT2D eigenvalue weighted by Crippen LogP contribution is -2.39. The number of ether oxygens (including phenoxy) is 2. The fourth-order valence-corrected chi connectivity index (χ4v) is 3.41. The summed E-state index contributed by atoms with van der Waals surface area (Å²) < 4.78 is 11.5. The number of aliphatic hydroxyl groups is 1. The predicted octanol–water partition coefficient (Wildman–Crippen LogP) is 3.47. The average molecular weight is 571 g/mol. The molecule has 184 valence electrons. The number of nitrogens with zero attached hydrogens (tertiary/aromatic N) is 2. The van der Waals surface area contributed by atoms with Crippen LogP contribution in [-0.4, -0.2) is 69.5 Å². The van der Waals surface area contributed by atoms with E-state index < -0.39 is 0 Å². The van der Waals surface area contributed by atoms with Crippen molar-refractivity contribution in [2.45, 2.75) is 26.3 Å². The van der Waals surface area contributed by atoms with Gasteiger partial charge in [-0.2, -0.15) is 0 Å². The molecule has 0 radical (unpaired) electrons. The van der Waals surface area contributed by atoms with Crippen LogP contribution in [0, 0.1) is 0 Å². The Morgan fingerprint density at radius 2 is 1.79 bits per heavy atom. The molecule has 1 atom stereocenters. The summed E-state index contributed by atoms with van der Waals surface area (Å²) in [5.74, 6) is 2.15. The van der Waals surface area contributed by atoms with Gasteiger partial charge >= 0.3 is 0 Å². The van der Waals surface area contributed by atoms with Crippen LogP contribution in [0.5, 0.6) is 11.5 Å². The van der Waals surface area contributed by atoms with E-state index in [1.807, 2.05) is 48.5 Å². The Labute approximate surface area is 215 Å². The minimum Gasteiger partial charge on any atom is -0.493 e. The monoisotopic (exact) mass is 570 g/mol. The third-order valence-electron chi connectivity index (χ3n) is 5.48. The van der Waals surface area contributed by atoms with E-state index in [1.165, 1.54) is 0 Å². The molecule has 1 unspecified atom stereocenters. The van der Waals surface area contributed by atoms with E-state index in [9.17, 15) is 5.11 Å². The molecule has 2 rings (SSSR count). The third-order valence-corrected chi connectivity index (χ3v) is 5.48. The van der Waals surface area contributed by atoms with Gasteiger partial charge in [0.25, 0.3) is 0 Å². The topological polar surface area (TPSA) is 78.4 Å². The standard InChI is InChI=1S/C25H38N4O3.HI/c1-5-29(6-2)14-15-32-23-13-12-20(16-24(23)31-4)17-27-25(26-3)28-18-22(19-30)21-10-8-7-9-11-21;/h7-13,16,22,30H,5-6,14-15,17-19H2,1-4H3,(H2,26,27,28);1H. The summed E-state index contributed by atoms with van der Waals surface area (Å²) in [4.78, 5) is 6.61. The Bertz CT molecular complexity index is 817. The summed E-state index contributed by atoms with van der Waals surface area (Å²) in [6.07, 6.45) is 0. The highest BCUT2D eigenvalue weighted by molar-refractivity contribution is 14.0. The number of benzene rings is 2. The van der Waals surface area contributed by atoms with Crippen LogP contribution >= 0.6 is 24.0 Å². The molecule has 0 heterocycles. The van der Waals surface area contributed by atoms with Crippen molar-refractivity contribution in [2.75, 3.05) is 53.6 Å². The van der Waals surface area contributed by atoms with Gasteiger partial charge in [0.05, 0.1) is 13.7 Å². The van der Waals surface area contributed by atoms with Gasteiger partial charge in [0.1, 0.15) is 6.61 Å². The normalized spacial score (nSPS) is 12.1. The Hall–Kier alpha value is -2.04. The molecule has 3 N–H and O–H groups in total. The van der Waals surface area contributed by atoms with Crippen LogP contribution < -0.4 is 20.1 Å². The van der Waals surface area contributed by atoms with Crippen molar-refractivity contribution < 1.29 is 14.6 Å². The van der Waals surface area contributed by atoms with Gasteiger partial charge in [-0.05, 0) is 36.3 Å². The number of halogens is 1. The highest BCUT2D eigenvalue weighted by atomic mass is 127. The molecule has 7 nitrogen and oxygen atoms in total. The van der Waals surface area contributed by atoms with Gasteiger partial charge < -0.3 is 30.1 Å². The second-order valence-corrected chi connectivity index (χ2v) is 7.46. The van der Waals surface area contributed by atoms with Crippen LogP contribution in [0.1, 0.15) is 30.9 Å². The van der Waals surface area contributed by atoms with Crippen molar-refractivity contribution >= 4 is 29.9 Å². The molecule has 2 aromatic carbocycles. The SMILES string of the molecule is CCN(CC)CCOc1ccc(CNC(=NC)NCC(CO)c2ccccc2)cc1OC.I. The number of aliphatic imine (C=N–C) groups is 1. The Morgan fingerprint density at radius 3 is 2.39 bits per heavy atom. The van der Waals surface area contributed by atoms with Crippen molar-refractivity contribution in [1.29, 1.82) is 0 Å². The quantitative estimate of drug-likeness (QED) is 0.195. The molecule has 0 fully saturated rings. The molecule has 0 aromatic heterocycles. The molecular formula is C25H39IN4O3. The van der Waals surface area contributed by atoms with Gasteiger partial charge in [0.15, 0.2) is 17.5 Å². The molecule has 0 saturated carbocycles. The molecule has 8 heteroatoms. The maximum atomic E-state index is 9.75. The largest absolute Gasteiger partial charge is 0.493 e. The van der Waals surface area contributed by atoms with Crippen LogP contribution in [-0.2, 0) is 6.54 Å². The van der Waals surface area contributed by atoms with E-state index in [0.29, 0.717) is 25.7 Å². The van der Waals surface area contributed by atoms with Gasteiger partial charge in [-0.15, -0.1) is 24.0 Å². The van der Waals surface area contributed by atoms with E-state index in [1.54, 1.807) is 14.2 Å². The number of rotatable bonds is 13. The lowest BCUT2D eigenvalue weighted by Gasteiger charge is -2.19. The number of likely N-dealkylation sites (N-methyl/N-ethyl adjacent to an activating group) is 1. The summed E-state index contributed by atoms with van der Waals surface area (Å²) in [5, 5.41) is 16.4. The van der Waals surface area contributed by atoms with Crippen LogP contribution in [0.4, 0.5) is 0 Å². The smallest absolute Gasteiger partial charge is 0.191 e. The summed E-state index contributed by atoms with van der Waals surface area (Å²) >= 11 is 0. The summed E-state index contributed by atoms with van der Waals surface area (Å²) in [6.45, 7) is 9.09. The number of guanidine groups is 1. The Balaban J connectivity index is 0.00000544. The molecule has 33 heavy (non-hydrogen) atoms. The van der Waals surface area contributed by atoms with E-state index in [2.05, 4.69) is 34.4 Å². The Kier molecular flexibility index (Phi) is 14.5. The minimum absolute atomic E-state index is 0. The first-order chi connectivity index (χ1) is 15.6. The van der Waals surface area contributed by atoms with Crippen molar-refractivity contribution in [1.82, 2.24) is 15.5 Å². The zero-order chi connectivity index (χ0) is 23.2. The number of hydrogen-bond donors (Lipinski definition) is 3.